The minimum atomic E-state index is -4.01. The molecule has 1 fully saturated rings. The van der Waals surface area contributed by atoms with Gasteiger partial charge in [0.2, 0.25) is 5.88 Å². The number of aryl methyl sites for hydroxylation is 1. The van der Waals surface area contributed by atoms with Crippen LogP contribution in [-0.2, 0) is 40.6 Å². The molecule has 1 atom stereocenters. The monoisotopic (exact) mass is 554 g/mol. The molecule has 9 nitrogen and oxygen atoms in total. The predicted molar refractivity (Wildman–Crippen MR) is 145 cm³/mol. The Kier molecular flexibility index (Phi) is 6.85. The van der Waals surface area contributed by atoms with Crippen molar-refractivity contribution in [3.8, 4) is 17.0 Å². The molecule has 11 heteroatoms. The van der Waals surface area contributed by atoms with Crippen LogP contribution in [-0.4, -0.2) is 57.2 Å². The highest BCUT2D eigenvalue weighted by Gasteiger charge is 2.27. The third kappa shape index (κ3) is 5.15. The number of hydrogen-bond acceptors (Lipinski definition) is 8. The second-order valence-corrected chi connectivity index (χ2v) is 13.1. The van der Waals surface area contributed by atoms with Crippen LogP contribution in [0.1, 0.15) is 34.4 Å². The fourth-order valence-electron chi connectivity index (χ4n) is 5.36. The van der Waals surface area contributed by atoms with Gasteiger partial charge >= 0.3 is 6.03 Å². The number of benzene rings is 1. The standard InChI is InChI=1S/C27H30N4O5S2/c1-31-11-8-23-19(15-31)14-25(37-23)38(33,34)30-27(32)29-26-21-4-2-3-17(21)5-6-22(26)18-7-10-28-24(13-18)36-20-9-12-35-16-20/h5-7,10,13-14,20H,2-4,8-9,11-12,15-16H2,1H3,(H2,29,30,32). The zero-order valence-corrected chi connectivity index (χ0v) is 22.8. The summed E-state index contributed by atoms with van der Waals surface area (Å²) in [5.41, 5.74) is 5.46. The van der Waals surface area contributed by atoms with E-state index in [1.165, 1.54) is 11.3 Å². The number of hydrogen-bond donors (Lipinski definition) is 2. The van der Waals surface area contributed by atoms with E-state index in [0.717, 1.165) is 71.3 Å². The average Bonchev–Trinajstić information content (AvgIpc) is 3.65. The number of amides is 2. The van der Waals surface area contributed by atoms with Crippen LogP contribution >= 0.6 is 11.3 Å². The molecule has 0 spiro atoms. The van der Waals surface area contributed by atoms with Crippen LogP contribution in [0.4, 0.5) is 10.5 Å². The van der Waals surface area contributed by atoms with Gasteiger partial charge in [-0.15, -0.1) is 11.3 Å². The van der Waals surface area contributed by atoms with Gasteiger partial charge in [-0.25, -0.2) is 22.9 Å². The summed E-state index contributed by atoms with van der Waals surface area (Å²) in [6.45, 7) is 2.81. The Labute approximate surface area is 226 Å². The molecule has 6 rings (SSSR count). The second-order valence-electron chi connectivity index (χ2n) is 10.0. The first-order valence-corrected chi connectivity index (χ1v) is 15.2. The lowest BCUT2D eigenvalue weighted by atomic mass is 9.98. The van der Waals surface area contributed by atoms with Crippen molar-refractivity contribution >= 4 is 33.1 Å². The molecule has 2 N–H and O–H groups in total. The van der Waals surface area contributed by atoms with Crippen LogP contribution in [0.5, 0.6) is 5.88 Å². The van der Waals surface area contributed by atoms with Gasteiger partial charge in [0, 0.05) is 42.2 Å². The third-order valence-corrected chi connectivity index (χ3v) is 10.3. The average molecular weight is 555 g/mol. The zero-order chi connectivity index (χ0) is 26.3. The van der Waals surface area contributed by atoms with Crippen molar-refractivity contribution in [3.05, 3.63) is 58.1 Å². The molecule has 1 saturated heterocycles. The lowest BCUT2D eigenvalue weighted by Crippen LogP contribution is -2.34. The van der Waals surface area contributed by atoms with Crippen LogP contribution in [0, 0.1) is 0 Å². The first-order valence-electron chi connectivity index (χ1n) is 12.9. The molecule has 38 heavy (non-hydrogen) atoms. The van der Waals surface area contributed by atoms with Crippen molar-refractivity contribution in [1.82, 2.24) is 14.6 Å². The number of nitrogens with one attached hydrogen (secondary N) is 2. The number of nitrogens with zero attached hydrogens (tertiary/aromatic N) is 2. The van der Waals surface area contributed by atoms with E-state index in [1.54, 1.807) is 12.3 Å². The number of likely N-dealkylation sites (N-methyl/N-ethyl adjacent to an activating group) is 1. The number of pyridine rings is 1. The van der Waals surface area contributed by atoms with Crippen molar-refractivity contribution < 1.29 is 22.7 Å². The summed E-state index contributed by atoms with van der Waals surface area (Å²) in [6, 6.07) is 8.67. The van der Waals surface area contributed by atoms with Gasteiger partial charge in [0.25, 0.3) is 10.0 Å². The highest BCUT2D eigenvalue weighted by Crippen LogP contribution is 2.38. The van der Waals surface area contributed by atoms with Gasteiger partial charge in [-0.2, -0.15) is 0 Å². The summed E-state index contributed by atoms with van der Waals surface area (Å²) >= 11 is 1.24. The Hall–Kier alpha value is -2.99. The van der Waals surface area contributed by atoms with Crippen LogP contribution in [0.25, 0.3) is 11.1 Å². The summed E-state index contributed by atoms with van der Waals surface area (Å²) in [5, 5.41) is 2.88. The fraction of sp³-hybridized carbons (Fsp3) is 0.407. The maximum Gasteiger partial charge on any atom is 0.333 e. The SMILES string of the molecule is CN1CCc2sc(S(=O)(=O)NC(=O)Nc3c(-c4ccnc(OC5CCOC5)c4)ccc4c3CCC4)cc2C1. The topological polar surface area (TPSA) is 110 Å². The molecule has 0 radical (unpaired) electrons. The fourth-order valence-corrected chi connectivity index (χ4v) is 7.81. The minimum absolute atomic E-state index is 0.0327. The Morgan fingerprint density at radius 1 is 1.18 bits per heavy atom. The van der Waals surface area contributed by atoms with Crippen molar-refractivity contribution in [3.63, 3.8) is 0 Å². The lowest BCUT2D eigenvalue weighted by Gasteiger charge is -2.21. The number of aromatic nitrogens is 1. The van der Waals surface area contributed by atoms with Crippen LogP contribution in [0.15, 0.2) is 40.7 Å². The van der Waals surface area contributed by atoms with Gasteiger partial charge in [-0.1, -0.05) is 12.1 Å². The van der Waals surface area contributed by atoms with Crippen LogP contribution < -0.4 is 14.8 Å². The van der Waals surface area contributed by atoms with E-state index >= 15 is 0 Å². The molecular formula is C27H30N4O5S2. The Morgan fingerprint density at radius 3 is 2.92 bits per heavy atom. The van der Waals surface area contributed by atoms with E-state index in [1.807, 2.05) is 25.2 Å². The number of ether oxygens (including phenoxy) is 2. The van der Waals surface area contributed by atoms with E-state index in [0.29, 0.717) is 31.3 Å². The highest BCUT2D eigenvalue weighted by molar-refractivity contribution is 7.92. The molecule has 0 bridgehead atoms. The van der Waals surface area contributed by atoms with Gasteiger partial charge in [0.15, 0.2) is 0 Å². The lowest BCUT2D eigenvalue weighted by molar-refractivity contribution is 0.138. The molecule has 2 aromatic heterocycles. The molecule has 200 valence electrons. The molecule has 3 aromatic rings. The molecule has 1 aromatic carbocycles. The first kappa shape index (κ1) is 25.3. The molecule has 4 heterocycles. The molecule has 3 aliphatic rings. The van der Waals surface area contributed by atoms with Gasteiger partial charge < -0.3 is 19.7 Å². The van der Waals surface area contributed by atoms with Crippen molar-refractivity contribution in [1.29, 1.82) is 0 Å². The van der Waals surface area contributed by atoms with Crippen molar-refractivity contribution in [2.24, 2.45) is 0 Å². The predicted octanol–water partition coefficient (Wildman–Crippen LogP) is 3.96. The van der Waals surface area contributed by atoms with E-state index in [2.05, 4.69) is 26.0 Å². The maximum atomic E-state index is 13.1. The number of carbonyl (C=O) groups excluding carboxylic acids is 1. The normalized spacial score (nSPS) is 19.1. The van der Waals surface area contributed by atoms with E-state index < -0.39 is 16.1 Å². The molecule has 1 unspecified atom stereocenters. The van der Waals surface area contributed by atoms with E-state index in [4.69, 9.17) is 9.47 Å². The van der Waals surface area contributed by atoms with Crippen LogP contribution in [0.2, 0.25) is 0 Å². The van der Waals surface area contributed by atoms with E-state index in [9.17, 15) is 13.2 Å². The Morgan fingerprint density at radius 2 is 2.08 bits per heavy atom. The first-order chi connectivity index (χ1) is 18.4. The summed E-state index contributed by atoms with van der Waals surface area (Å²) < 4.78 is 40.0. The molecule has 2 aliphatic heterocycles. The number of anilines is 1. The number of thiophene rings is 1. The maximum absolute atomic E-state index is 13.1. The molecular weight excluding hydrogens is 524 g/mol. The third-order valence-electron chi connectivity index (χ3n) is 7.27. The second kappa shape index (κ2) is 10.3. The van der Waals surface area contributed by atoms with Crippen LogP contribution in [0.3, 0.4) is 0 Å². The van der Waals surface area contributed by atoms with Gasteiger partial charge in [-0.3, -0.25) is 0 Å². The van der Waals surface area contributed by atoms with Gasteiger partial charge in [0.05, 0.1) is 18.9 Å². The number of rotatable bonds is 6. The largest absolute Gasteiger partial charge is 0.472 e. The number of carbonyl (C=O) groups is 1. The van der Waals surface area contributed by atoms with Gasteiger partial charge in [0.1, 0.15) is 10.3 Å². The minimum Gasteiger partial charge on any atom is -0.472 e. The Balaban J connectivity index is 1.26. The zero-order valence-electron chi connectivity index (χ0n) is 21.2. The van der Waals surface area contributed by atoms with Crippen molar-refractivity contribution in [2.45, 2.75) is 49.0 Å². The van der Waals surface area contributed by atoms with Crippen molar-refractivity contribution in [2.75, 3.05) is 32.1 Å². The Bertz CT molecular complexity index is 1480. The highest BCUT2D eigenvalue weighted by atomic mass is 32.2. The molecule has 2 amide bonds. The number of sulfonamides is 1. The summed E-state index contributed by atoms with van der Waals surface area (Å²) in [6.07, 6.45) is 5.98. The molecule has 1 aliphatic carbocycles. The summed E-state index contributed by atoms with van der Waals surface area (Å²) in [4.78, 5) is 20.7. The number of fused-ring (bicyclic) bond motifs is 2. The quantitative estimate of drug-likeness (QED) is 0.475. The summed E-state index contributed by atoms with van der Waals surface area (Å²) in [7, 11) is -2.00. The smallest absolute Gasteiger partial charge is 0.333 e. The summed E-state index contributed by atoms with van der Waals surface area (Å²) in [5.74, 6) is 0.490. The molecule has 0 saturated carbocycles. The van der Waals surface area contributed by atoms with E-state index in [-0.39, 0.29) is 10.3 Å². The number of urea groups is 1. The van der Waals surface area contributed by atoms with Gasteiger partial charge in [-0.05, 0) is 67.1 Å².